The predicted molar refractivity (Wildman–Crippen MR) is 102 cm³/mol. The quantitative estimate of drug-likeness (QED) is 0.837. The molecule has 2 N–H and O–H groups in total. The molecule has 1 unspecified atom stereocenters. The normalized spacial score (nSPS) is 16.3. The van der Waals surface area contributed by atoms with Crippen LogP contribution in [0.1, 0.15) is 46.0 Å². The van der Waals surface area contributed by atoms with E-state index in [-0.39, 0.29) is 17.9 Å². The Hall–Kier alpha value is -2.66. The summed E-state index contributed by atoms with van der Waals surface area (Å²) in [6, 6.07) is 14.5. The maximum atomic E-state index is 12.6. The molecule has 0 aliphatic carbocycles. The molecule has 26 heavy (non-hydrogen) atoms. The van der Waals surface area contributed by atoms with Gasteiger partial charge in [-0.2, -0.15) is 0 Å². The number of hydrogen-bond acceptors (Lipinski definition) is 3. The number of aryl methyl sites for hydroxylation is 1. The molecule has 1 atom stereocenters. The summed E-state index contributed by atoms with van der Waals surface area (Å²) < 4.78 is 5.51. The van der Waals surface area contributed by atoms with Crippen LogP contribution < -0.4 is 10.6 Å². The van der Waals surface area contributed by atoms with Gasteiger partial charge in [0.2, 0.25) is 0 Å². The van der Waals surface area contributed by atoms with E-state index in [4.69, 9.17) is 4.74 Å². The fraction of sp³-hybridized carbons (Fsp3) is 0.333. The van der Waals surface area contributed by atoms with Crippen molar-refractivity contribution in [2.45, 2.75) is 32.3 Å². The summed E-state index contributed by atoms with van der Waals surface area (Å²) in [5, 5.41) is 5.81. The van der Waals surface area contributed by atoms with E-state index in [0.717, 1.165) is 37.1 Å². The Bertz CT molecular complexity index is 782. The van der Waals surface area contributed by atoms with E-state index in [2.05, 4.69) is 10.6 Å². The van der Waals surface area contributed by atoms with E-state index >= 15 is 0 Å². The molecule has 1 heterocycles. The summed E-state index contributed by atoms with van der Waals surface area (Å²) >= 11 is 0. The van der Waals surface area contributed by atoms with Crippen LogP contribution in [-0.2, 0) is 11.2 Å². The van der Waals surface area contributed by atoms with Gasteiger partial charge < -0.3 is 15.4 Å². The SMILES string of the molecule is CCc1ccccc1NC(=O)c1cccc(C(=O)NCC2CCCO2)c1. The zero-order chi connectivity index (χ0) is 18.4. The molecule has 1 saturated heterocycles. The lowest BCUT2D eigenvalue weighted by molar-refractivity contribution is 0.0858. The standard InChI is InChI=1S/C21H24N2O3/c1-2-15-7-3-4-11-19(15)23-21(25)17-9-5-8-16(13-17)20(24)22-14-18-10-6-12-26-18/h3-5,7-9,11,13,18H,2,6,10,12,14H2,1H3,(H,22,24)(H,23,25). The molecule has 5 heteroatoms. The van der Waals surface area contributed by atoms with E-state index in [1.54, 1.807) is 24.3 Å². The first-order valence-corrected chi connectivity index (χ1v) is 9.06. The average molecular weight is 352 g/mol. The summed E-state index contributed by atoms with van der Waals surface area (Å²) in [4.78, 5) is 24.9. The van der Waals surface area contributed by atoms with Gasteiger partial charge in [0.1, 0.15) is 0 Å². The average Bonchev–Trinajstić information content (AvgIpc) is 3.20. The first-order chi connectivity index (χ1) is 12.7. The largest absolute Gasteiger partial charge is 0.376 e. The lowest BCUT2D eigenvalue weighted by Gasteiger charge is -2.12. The summed E-state index contributed by atoms with van der Waals surface area (Å²) in [6.07, 6.45) is 2.94. The molecule has 1 aliphatic rings. The summed E-state index contributed by atoms with van der Waals surface area (Å²) in [5.41, 5.74) is 2.81. The van der Waals surface area contributed by atoms with Crippen molar-refractivity contribution in [1.29, 1.82) is 0 Å². The highest BCUT2D eigenvalue weighted by molar-refractivity contribution is 6.06. The fourth-order valence-corrected chi connectivity index (χ4v) is 3.06. The Morgan fingerprint density at radius 3 is 2.58 bits per heavy atom. The number of para-hydroxylation sites is 1. The van der Waals surface area contributed by atoms with Gasteiger partial charge in [-0.1, -0.05) is 31.2 Å². The summed E-state index contributed by atoms with van der Waals surface area (Å²) in [6.45, 7) is 3.30. The molecule has 2 amide bonds. The van der Waals surface area contributed by atoms with Crippen molar-refractivity contribution in [3.05, 3.63) is 65.2 Å². The third-order valence-electron chi connectivity index (χ3n) is 4.55. The lowest BCUT2D eigenvalue weighted by Crippen LogP contribution is -2.31. The molecule has 5 nitrogen and oxygen atoms in total. The van der Waals surface area contributed by atoms with E-state index in [9.17, 15) is 9.59 Å². The van der Waals surface area contributed by atoms with Crippen molar-refractivity contribution in [1.82, 2.24) is 5.32 Å². The Morgan fingerprint density at radius 1 is 1.08 bits per heavy atom. The molecule has 2 aromatic rings. The molecular formula is C21H24N2O3. The van der Waals surface area contributed by atoms with Crippen molar-refractivity contribution >= 4 is 17.5 Å². The number of hydrogen-bond donors (Lipinski definition) is 2. The van der Waals surface area contributed by atoms with E-state index in [0.29, 0.717) is 17.7 Å². The second kappa shape index (κ2) is 8.63. The van der Waals surface area contributed by atoms with Gasteiger partial charge in [-0.15, -0.1) is 0 Å². The van der Waals surface area contributed by atoms with Crippen LogP contribution in [0.5, 0.6) is 0 Å². The minimum Gasteiger partial charge on any atom is -0.376 e. The van der Waals surface area contributed by atoms with E-state index in [1.165, 1.54) is 0 Å². The van der Waals surface area contributed by atoms with Gasteiger partial charge in [-0.3, -0.25) is 9.59 Å². The Labute approximate surface area is 153 Å². The molecule has 1 aliphatic heterocycles. The molecule has 0 radical (unpaired) electrons. The molecule has 0 spiro atoms. The van der Waals surface area contributed by atoms with E-state index in [1.807, 2.05) is 31.2 Å². The Morgan fingerprint density at radius 2 is 1.85 bits per heavy atom. The number of carbonyl (C=O) groups is 2. The lowest BCUT2D eigenvalue weighted by atomic mass is 10.1. The van der Waals surface area contributed by atoms with Crippen molar-refractivity contribution in [2.24, 2.45) is 0 Å². The molecule has 2 aromatic carbocycles. The van der Waals surface area contributed by atoms with Crippen LogP contribution in [0.4, 0.5) is 5.69 Å². The third kappa shape index (κ3) is 4.49. The number of anilines is 1. The van der Waals surface area contributed by atoms with Crippen molar-refractivity contribution in [3.63, 3.8) is 0 Å². The van der Waals surface area contributed by atoms with Crippen LogP contribution in [0, 0.1) is 0 Å². The van der Waals surface area contributed by atoms with Crippen molar-refractivity contribution in [2.75, 3.05) is 18.5 Å². The zero-order valence-electron chi connectivity index (χ0n) is 15.0. The molecular weight excluding hydrogens is 328 g/mol. The number of benzene rings is 2. The highest BCUT2D eigenvalue weighted by Crippen LogP contribution is 2.17. The minimum absolute atomic E-state index is 0.0935. The number of rotatable bonds is 6. The first-order valence-electron chi connectivity index (χ1n) is 9.06. The van der Waals surface area contributed by atoms with Gasteiger partial charge in [0.15, 0.2) is 0 Å². The van der Waals surface area contributed by atoms with Crippen molar-refractivity contribution in [3.8, 4) is 0 Å². The van der Waals surface area contributed by atoms with Gasteiger partial charge in [-0.25, -0.2) is 0 Å². The molecule has 0 aromatic heterocycles. The van der Waals surface area contributed by atoms with Crippen LogP contribution in [0.2, 0.25) is 0 Å². The minimum atomic E-state index is -0.223. The molecule has 1 fully saturated rings. The van der Waals surface area contributed by atoms with Crippen LogP contribution in [0.3, 0.4) is 0 Å². The number of carbonyl (C=O) groups excluding carboxylic acids is 2. The monoisotopic (exact) mass is 352 g/mol. The zero-order valence-corrected chi connectivity index (χ0v) is 15.0. The van der Waals surface area contributed by atoms with Crippen LogP contribution in [-0.4, -0.2) is 31.1 Å². The van der Waals surface area contributed by atoms with Crippen molar-refractivity contribution < 1.29 is 14.3 Å². The number of ether oxygens (including phenoxy) is 1. The van der Waals surface area contributed by atoms with E-state index < -0.39 is 0 Å². The van der Waals surface area contributed by atoms with Gasteiger partial charge in [0.05, 0.1) is 6.10 Å². The summed E-state index contributed by atoms with van der Waals surface area (Å²) in [7, 11) is 0. The topological polar surface area (TPSA) is 67.4 Å². The van der Waals surface area contributed by atoms with Gasteiger partial charge >= 0.3 is 0 Å². The first kappa shape index (κ1) is 18.1. The number of amides is 2. The molecule has 0 saturated carbocycles. The highest BCUT2D eigenvalue weighted by Gasteiger charge is 2.17. The molecule has 3 rings (SSSR count). The maximum absolute atomic E-state index is 12.6. The fourth-order valence-electron chi connectivity index (χ4n) is 3.06. The Balaban J connectivity index is 1.65. The van der Waals surface area contributed by atoms with Gasteiger partial charge in [0.25, 0.3) is 11.8 Å². The second-order valence-corrected chi connectivity index (χ2v) is 6.39. The van der Waals surface area contributed by atoms with Gasteiger partial charge in [0, 0.05) is 30.0 Å². The highest BCUT2D eigenvalue weighted by atomic mass is 16.5. The van der Waals surface area contributed by atoms with Crippen LogP contribution in [0.25, 0.3) is 0 Å². The number of nitrogens with one attached hydrogen (secondary N) is 2. The Kier molecular flexibility index (Phi) is 6.02. The summed E-state index contributed by atoms with van der Waals surface area (Å²) in [5.74, 6) is -0.413. The van der Waals surface area contributed by atoms with Crippen LogP contribution in [0.15, 0.2) is 48.5 Å². The maximum Gasteiger partial charge on any atom is 0.255 e. The predicted octanol–water partition coefficient (Wildman–Crippen LogP) is 3.41. The van der Waals surface area contributed by atoms with Crippen LogP contribution >= 0.6 is 0 Å². The molecule has 136 valence electrons. The smallest absolute Gasteiger partial charge is 0.255 e. The third-order valence-corrected chi connectivity index (χ3v) is 4.55. The molecule has 0 bridgehead atoms. The van der Waals surface area contributed by atoms with Gasteiger partial charge in [-0.05, 0) is 49.1 Å². The second-order valence-electron chi connectivity index (χ2n) is 6.39.